The minimum Gasteiger partial charge on any atom is -0.493 e. The maximum atomic E-state index is 5.99. The van der Waals surface area contributed by atoms with Crippen molar-refractivity contribution >= 4 is 35.6 Å². The summed E-state index contributed by atoms with van der Waals surface area (Å²) in [6.07, 6.45) is 1.12. The minimum absolute atomic E-state index is 0. The third-order valence-electron chi connectivity index (χ3n) is 4.90. The van der Waals surface area contributed by atoms with E-state index in [1.165, 1.54) is 5.56 Å². The van der Waals surface area contributed by atoms with E-state index in [-0.39, 0.29) is 30.1 Å². The number of hydrogen-bond acceptors (Lipinski definition) is 4. The number of nitrogens with zero attached hydrogens (tertiary/aromatic N) is 1. The van der Waals surface area contributed by atoms with E-state index in [1.807, 2.05) is 31.2 Å². The molecule has 1 saturated heterocycles. The van der Waals surface area contributed by atoms with Crippen molar-refractivity contribution in [2.75, 3.05) is 38.7 Å². The molecule has 0 aromatic heterocycles. The SMILES string of the molecule is CCNC(=NCC1CCOC1c1ccccc1)Nc1ccc(OCC)c(OC)c1.I. The van der Waals surface area contributed by atoms with E-state index in [9.17, 15) is 0 Å². The number of anilines is 1. The third kappa shape index (κ3) is 6.50. The van der Waals surface area contributed by atoms with Gasteiger partial charge in [-0.05, 0) is 38.0 Å². The van der Waals surface area contributed by atoms with Gasteiger partial charge in [-0.3, -0.25) is 4.99 Å². The van der Waals surface area contributed by atoms with Crippen LogP contribution < -0.4 is 20.1 Å². The number of hydrogen-bond donors (Lipinski definition) is 2. The first-order chi connectivity index (χ1) is 14.2. The van der Waals surface area contributed by atoms with Crippen LogP contribution in [-0.2, 0) is 4.74 Å². The lowest BCUT2D eigenvalue weighted by molar-refractivity contribution is 0.0926. The van der Waals surface area contributed by atoms with Crippen LogP contribution in [0.15, 0.2) is 53.5 Å². The highest BCUT2D eigenvalue weighted by Gasteiger charge is 2.29. The van der Waals surface area contributed by atoms with Gasteiger partial charge in [-0.15, -0.1) is 24.0 Å². The quantitative estimate of drug-likeness (QED) is 0.293. The summed E-state index contributed by atoms with van der Waals surface area (Å²) in [5.41, 5.74) is 2.12. The van der Waals surface area contributed by atoms with Gasteiger partial charge in [0.1, 0.15) is 0 Å². The molecule has 1 aliphatic rings. The summed E-state index contributed by atoms with van der Waals surface area (Å²) in [7, 11) is 1.64. The maximum Gasteiger partial charge on any atom is 0.195 e. The molecular formula is C23H32IN3O3. The van der Waals surface area contributed by atoms with Crippen LogP contribution in [0.1, 0.15) is 31.9 Å². The van der Waals surface area contributed by atoms with Gasteiger partial charge in [-0.1, -0.05) is 30.3 Å². The first kappa shape index (κ1) is 24.3. The number of guanidine groups is 1. The number of halogens is 1. The Morgan fingerprint density at radius 3 is 2.63 bits per heavy atom. The molecule has 2 N–H and O–H groups in total. The normalized spacial score (nSPS) is 18.4. The molecule has 0 amide bonds. The summed E-state index contributed by atoms with van der Waals surface area (Å²) in [4.78, 5) is 4.82. The van der Waals surface area contributed by atoms with Crippen LogP contribution >= 0.6 is 24.0 Å². The summed E-state index contributed by atoms with van der Waals surface area (Å²) in [5.74, 6) is 2.54. The van der Waals surface area contributed by atoms with Crippen molar-refractivity contribution in [2.45, 2.75) is 26.4 Å². The molecule has 30 heavy (non-hydrogen) atoms. The molecule has 3 rings (SSSR count). The van der Waals surface area contributed by atoms with Gasteiger partial charge < -0.3 is 24.8 Å². The lowest BCUT2D eigenvalue weighted by atomic mass is 9.95. The molecule has 1 fully saturated rings. The van der Waals surface area contributed by atoms with Gasteiger partial charge in [-0.25, -0.2) is 0 Å². The second kappa shape index (κ2) is 12.6. The molecule has 1 heterocycles. The number of nitrogens with one attached hydrogen (secondary N) is 2. The average molecular weight is 525 g/mol. The number of rotatable bonds is 8. The topological polar surface area (TPSA) is 64.1 Å². The third-order valence-corrected chi connectivity index (χ3v) is 4.90. The molecule has 7 heteroatoms. The standard InChI is InChI=1S/C23H31N3O3.HI/c1-4-24-23(26-19-11-12-20(28-5-2)21(15-19)27-3)25-16-18-13-14-29-22(18)17-9-7-6-8-10-17;/h6-12,15,18,22H,4-5,13-14,16H2,1-3H3,(H2,24,25,26);1H. The van der Waals surface area contributed by atoms with Gasteiger partial charge in [0.2, 0.25) is 0 Å². The molecule has 0 aliphatic carbocycles. The van der Waals surface area contributed by atoms with Crippen LogP contribution in [0.2, 0.25) is 0 Å². The molecule has 0 bridgehead atoms. The number of methoxy groups -OCH3 is 1. The molecule has 1 aliphatic heterocycles. The molecule has 0 radical (unpaired) electrons. The zero-order valence-corrected chi connectivity index (χ0v) is 20.2. The monoisotopic (exact) mass is 525 g/mol. The van der Waals surface area contributed by atoms with Crippen LogP contribution in [0.25, 0.3) is 0 Å². The van der Waals surface area contributed by atoms with Gasteiger partial charge in [0.15, 0.2) is 17.5 Å². The fourth-order valence-corrected chi connectivity index (χ4v) is 3.50. The van der Waals surface area contributed by atoms with Gasteiger partial charge in [0.25, 0.3) is 0 Å². The van der Waals surface area contributed by atoms with Crippen LogP contribution in [0.5, 0.6) is 11.5 Å². The first-order valence-corrected chi connectivity index (χ1v) is 10.3. The predicted molar refractivity (Wildman–Crippen MR) is 132 cm³/mol. The van der Waals surface area contributed by atoms with Crippen molar-refractivity contribution in [3.05, 3.63) is 54.1 Å². The Morgan fingerprint density at radius 2 is 1.93 bits per heavy atom. The molecule has 2 unspecified atom stereocenters. The summed E-state index contributed by atoms with van der Waals surface area (Å²) in [6.45, 7) is 6.86. The van der Waals surface area contributed by atoms with Crippen LogP contribution in [0.3, 0.4) is 0 Å². The predicted octanol–water partition coefficient (Wildman–Crippen LogP) is 4.87. The molecule has 2 aromatic rings. The highest BCUT2D eigenvalue weighted by Crippen LogP contribution is 2.34. The largest absolute Gasteiger partial charge is 0.493 e. The summed E-state index contributed by atoms with van der Waals surface area (Å²) in [6, 6.07) is 16.2. The Hall–Kier alpha value is -2.00. The zero-order valence-electron chi connectivity index (χ0n) is 17.9. The van der Waals surface area contributed by atoms with E-state index < -0.39 is 0 Å². The average Bonchev–Trinajstić information content (AvgIpc) is 3.22. The van der Waals surface area contributed by atoms with Crippen molar-refractivity contribution in [3.63, 3.8) is 0 Å². The Kier molecular flexibility index (Phi) is 10.2. The molecule has 0 saturated carbocycles. The molecule has 6 nitrogen and oxygen atoms in total. The number of aliphatic imine (C=N–C) groups is 1. The Balaban J connectivity index is 0.00000320. The minimum atomic E-state index is 0. The van der Waals surface area contributed by atoms with E-state index in [0.29, 0.717) is 24.8 Å². The highest BCUT2D eigenvalue weighted by atomic mass is 127. The van der Waals surface area contributed by atoms with Crippen LogP contribution in [0, 0.1) is 5.92 Å². The van der Waals surface area contributed by atoms with Crippen molar-refractivity contribution in [1.29, 1.82) is 0 Å². The van der Waals surface area contributed by atoms with Crippen LogP contribution in [-0.4, -0.2) is 39.4 Å². The van der Waals surface area contributed by atoms with Gasteiger partial charge in [0.05, 0.1) is 19.8 Å². The molecule has 0 spiro atoms. The summed E-state index contributed by atoms with van der Waals surface area (Å²) < 4.78 is 17.0. The summed E-state index contributed by atoms with van der Waals surface area (Å²) >= 11 is 0. The van der Waals surface area contributed by atoms with Gasteiger partial charge >= 0.3 is 0 Å². The van der Waals surface area contributed by atoms with Crippen molar-refractivity contribution < 1.29 is 14.2 Å². The Morgan fingerprint density at radius 1 is 1.13 bits per heavy atom. The second-order valence-electron chi connectivity index (χ2n) is 6.89. The van der Waals surface area contributed by atoms with Gasteiger partial charge in [-0.2, -0.15) is 0 Å². The van der Waals surface area contributed by atoms with Gasteiger partial charge in [0, 0.05) is 37.4 Å². The van der Waals surface area contributed by atoms with Crippen molar-refractivity contribution in [2.24, 2.45) is 10.9 Å². The summed E-state index contributed by atoms with van der Waals surface area (Å²) in [5, 5.41) is 6.68. The van der Waals surface area contributed by atoms with E-state index in [0.717, 1.165) is 37.0 Å². The maximum absolute atomic E-state index is 5.99. The van der Waals surface area contributed by atoms with E-state index in [2.05, 4.69) is 41.8 Å². The van der Waals surface area contributed by atoms with Crippen molar-refractivity contribution in [3.8, 4) is 11.5 Å². The number of benzene rings is 2. The van der Waals surface area contributed by atoms with Crippen LogP contribution in [0.4, 0.5) is 5.69 Å². The fraction of sp³-hybridized carbons (Fsp3) is 0.435. The molecule has 2 atom stereocenters. The second-order valence-corrected chi connectivity index (χ2v) is 6.89. The smallest absolute Gasteiger partial charge is 0.195 e. The fourth-order valence-electron chi connectivity index (χ4n) is 3.50. The Bertz CT molecular complexity index is 802. The van der Waals surface area contributed by atoms with E-state index >= 15 is 0 Å². The van der Waals surface area contributed by atoms with E-state index in [4.69, 9.17) is 19.2 Å². The molecule has 2 aromatic carbocycles. The lowest BCUT2D eigenvalue weighted by Gasteiger charge is -2.18. The first-order valence-electron chi connectivity index (χ1n) is 10.3. The Labute approximate surface area is 196 Å². The zero-order chi connectivity index (χ0) is 20.5. The van der Waals surface area contributed by atoms with Crippen molar-refractivity contribution in [1.82, 2.24) is 5.32 Å². The number of ether oxygens (including phenoxy) is 3. The lowest BCUT2D eigenvalue weighted by Crippen LogP contribution is -2.31. The van der Waals surface area contributed by atoms with E-state index in [1.54, 1.807) is 7.11 Å². The molecular weight excluding hydrogens is 493 g/mol. The molecule has 164 valence electrons. The highest BCUT2D eigenvalue weighted by molar-refractivity contribution is 14.0.